The molecular weight excluding hydrogens is 262 g/mol. The number of benzene rings is 1. The molecule has 1 atom stereocenters. The first kappa shape index (κ1) is 15.1. The summed E-state index contributed by atoms with van der Waals surface area (Å²) in [4.78, 5) is 2.11. The summed E-state index contributed by atoms with van der Waals surface area (Å²) in [5, 5.41) is 12.1. The van der Waals surface area contributed by atoms with Gasteiger partial charge >= 0.3 is 0 Å². The standard InChI is InChI=1S/C16H23N5/c1-4-12(2)21-9-8-14(19-21)11-20(3)15-7-5-6-13(10-15)16(17)18/h5-10,12H,4,11H2,1-3H3,(H3,17,18). The van der Waals surface area contributed by atoms with E-state index in [-0.39, 0.29) is 5.84 Å². The summed E-state index contributed by atoms with van der Waals surface area (Å²) in [6.45, 7) is 5.05. The van der Waals surface area contributed by atoms with Gasteiger partial charge in [-0.25, -0.2) is 0 Å². The van der Waals surface area contributed by atoms with Crippen LogP contribution in [0.1, 0.15) is 37.6 Å². The predicted octanol–water partition coefficient (Wildman–Crippen LogP) is 2.77. The van der Waals surface area contributed by atoms with Gasteiger partial charge in [0.25, 0.3) is 0 Å². The second-order valence-corrected chi connectivity index (χ2v) is 5.36. The van der Waals surface area contributed by atoms with Gasteiger partial charge in [-0.05, 0) is 31.5 Å². The molecule has 0 saturated heterocycles. The Morgan fingerprint density at radius 1 is 1.43 bits per heavy atom. The third-order valence-corrected chi connectivity index (χ3v) is 3.70. The highest BCUT2D eigenvalue weighted by molar-refractivity contribution is 5.95. The number of rotatable bonds is 6. The minimum atomic E-state index is 0.0892. The number of anilines is 1. The highest BCUT2D eigenvalue weighted by Crippen LogP contribution is 2.17. The highest BCUT2D eigenvalue weighted by atomic mass is 15.3. The van der Waals surface area contributed by atoms with Crippen molar-refractivity contribution in [2.24, 2.45) is 5.73 Å². The van der Waals surface area contributed by atoms with Crippen LogP contribution in [0.4, 0.5) is 5.69 Å². The zero-order valence-corrected chi connectivity index (χ0v) is 12.9. The molecule has 21 heavy (non-hydrogen) atoms. The monoisotopic (exact) mass is 285 g/mol. The zero-order chi connectivity index (χ0) is 15.4. The van der Waals surface area contributed by atoms with E-state index in [4.69, 9.17) is 11.1 Å². The first-order valence-corrected chi connectivity index (χ1v) is 7.21. The van der Waals surface area contributed by atoms with E-state index in [0.29, 0.717) is 6.04 Å². The van der Waals surface area contributed by atoms with Crippen LogP contribution in [0.25, 0.3) is 0 Å². The van der Waals surface area contributed by atoms with Crippen LogP contribution in [0.5, 0.6) is 0 Å². The van der Waals surface area contributed by atoms with Crippen molar-refractivity contribution in [3.63, 3.8) is 0 Å². The molecule has 0 aliphatic rings. The summed E-state index contributed by atoms with van der Waals surface area (Å²) >= 11 is 0. The van der Waals surface area contributed by atoms with Crippen molar-refractivity contribution in [3.05, 3.63) is 47.8 Å². The Hall–Kier alpha value is -2.30. The SMILES string of the molecule is CCC(C)n1ccc(CN(C)c2cccc(C(=N)N)c2)n1. The Balaban J connectivity index is 2.10. The van der Waals surface area contributed by atoms with Gasteiger partial charge in [0, 0.05) is 30.5 Å². The van der Waals surface area contributed by atoms with Crippen molar-refractivity contribution in [2.45, 2.75) is 32.9 Å². The Morgan fingerprint density at radius 2 is 2.19 bits per heavy atom. The maximum atomic E-state index is 7.51. The van der Waals surface area contributed by atoms with Crippen LogP contribution in [0.15, 0.2) is 36.5 Å². The number of nitrogens with two attached hydrogens (primary N) is 1. The van der Waals surface area contributed by atoms with E-state index in [9.17, 15) is 0 Å². The maximum Gasteiger partial charge on any atom is 0.122 e. The lowest BCUT2D eigenvalue weighted by molar-refractivity contribution is 0.473. The number of hydrogen-bond donors (Lipinski definition) is 2. The van der Waals surface area contributed by atoms with E-state index in [2.05, 4.69) is 29.9 Å². The maximum absolute atomic E-state index is 7.51. The lowest BCUT2D eigenvalue weighted by atomic mass is 10.1. The highest BCUT2D eigenvalue weighted by Gasteiger charge is 2.08. The van der Waals surface area contributed by atoms with Crippen molar-refractivity contribution < 1.29 is 0 Å². The number of nitrogens with one attached hydrogen (secondary N) is 1. The molecule has 5 heteroatoms. The molecular formula is C16H23N5. The Morgan fingerprint density at radius 3 is 2.86 bits per heavy atom. The van der Waals surface area contributed by atoms with Crippen LogP contribution in [-0.2, 0) is 6.54 Å². The van der Waals surface area contributed by atoms with Gasteiger partial charge in [-0.3, -0.25) is 10.1 Å². The van der Waals surface area contributed by atoms with Gasteiger partial charge in [0.2, 0.25) is 0 Å². The third-order valence-electron chi connectivity index (χ3n) is 3.70. The number of aromatic nitrogens is 2. The minimum absolute atomic E-state index is 0.0892. The summed E-state index contributed by atoms with van der Waals surface area (Å²) in [6.07, 6.45) is 3.10. The average molecular weight is 285 g/mol. The number of nitrogen functional groups attached to an aromatic ring is 1. The van der Waals surface area contributed by atoms with Crippen molar-refractivity contribution in [3.8, 4) is 0 Å². The van der Waals surface area contributed by atoms with Crippen molar-refractivity contribution in [1.82, 2.24) is 9.78 Å². The molecule has 2 aromatic rings. The molecule has 0 saturated carbocycles. The summed E-state index contributed by atoms with van der Waals surface area (Å²) in [6, 6.07) is 10.2. The quantitative estimate of drug-likeness (QED) is 0.633. The van der Waals surface area contributed by atoms with Crippen LogP contribution in [-0.4, -0.2) is 22.7 Å². The fourth-order valence-electron chi connectivity index (χ4n) is 2.14. The molecule has 2 rings (SSSR count). The second-order valence-electron chi connectivity index (χ2n) is 5.36. The summed E-state index contributed by atoms with van der Waals surface area (Å²) in [7, 11) is 2.02. The van der Waals surface area contributed by atoms with E-state index in [1.54, 1.807) is 0 Å². The molecule has 1 aromatic heterocycles. The number of hydrogen-bond acceptors (Lipinski definition) is 3. The van der Waals surface area contributed by atoms with E-state index >= 15 is 0 Å². The van der Waals surface area contributed by atoms with E-state index in [1.165, 1.54) is 0 Å². The van der Waals surface area contributed by atoms with Gasteiger partial charge < -0.3 is 10.6 Å². The van der Waals surface area contributed by atoms with Crippen LogP contribution in [0.2, 0.25) is 0 Å². The smallest absolute Gasteiger partial charge is 0.122 e. The number of nitrogens with zero attached hydrogens (tertiary/aromatic N) is 3. The van der Waals surface area contributed by atoms with E-state index in [1.807, 2.05) is 42.2 Å². The molecule has 0 radical (unpaired) electrons. The summed E-state index contributed by atoms with van der Waals surface area (Å²) < 4.78 is 2.01. The van der Waals surface area contributed by atoms with Crippen LogP contribution < -0.4 is 10.6 Å². The molecule has 5 nitrogen and oxygen atoms in total. The van der Waals surface area contributed by atoms with Crippen LogP contribution in [0.3, 0.4) is 0 Å². The average Bonchev–Trinajstić information content (AvgIpc) is 2.95. The first-order chi connectivity index (χ1) is 10.0. The van der Waals surface area contributed by atoms with E-state index in [0.717, 1.165) is 29.9 Å². The summed E-state index contributed by atoms with van der Waals surface area (Å²) in [5.74, 6) is 0.0892. The van der Waals surface area contributed by atoms with Crippen molar-refractivity contribution in [1.29, 1.82) is 5.41 Å². The molecule has 0 bridgehead atoms. The molecule has 112 valence electrons. The molecule has 0 fully saturated rings. The third kappa shape index (κ3) is 3.62. The van der Waals surface area contributed by atoms with Gasteiger partial charge in [0.15, 0.2) is 0 Å². The zero-order valence-electron chi connectivity index (χ0n) is 12.9. The van der Waals surface area contributed by atoms with Crippen LogP contribution in [0, 0.1) is 5.41 Å². The normalized spacial score (nSPS) is 12.1. The van der Waals surface area contributed by atoms with Gasteiger partial charge in [-0.15, -0.1) is 0 Å². The lowest BCUT2D eigenvalue weighted by Crippen LogP contribution is -2.18. The molecule has 1 aromatic carbocycles. The van der Waals surface area contributed by atoms with Crippen molar-refractivity contribution >= 4 is 11.5 Å². The lowest BCUT2D eigenvalue weighted by Gasteiger charge is -2.19. The topological polar surface area (TPSA) is 70.9 Å². The Labute approximate surface area is 125 Å². The number of amidine groups is 1. The second kappa shape index (κ2) is 6.43. The molecule has 1 heterocycles. The van der Waals surface area contributed by atoms with Crippen molar-refractivity contribution in [2.75, 3.05) is 11.9 Å². The Bertz CT molecular complexity index is 617. The largest absolute Gasteiger partial charge is 0.384 e. The molecule has 0 aliphatic heterocycles. The molecule has 1 unspecified atom stereocenters. The van der Waals surface area contributed by atoms with Gasteiger partial charge in [0.1, 0.15) is 5.84 Å². The van der Waals surface area contributed by atoms with E-state index < -0.39 is 0 Å². The van der Waals surface area contributed by atoms with Gasteiger partial charge in [0.05, 0.1) is 12.2 Å². The predicted molar refractivity (Wildman–Crippen MR) is 86.8 cm³/mol. The van der Waals surface area contributed by atoms with Gasteiger partial charge in [-0.2, -0.15) is 5.10 Å². The minimum Gasteiger partial charge on any atom is -0.384 e. The van der Waals surface area contributed by atoms with Crippen LogP contribution >= 0.6 is 0 Å². The molecule has 0 aliphatic carbocycles. The summed E-state index contributed by atoms with van der Waals surface area (Å²) in [5.41, 5.74) is 8.34. The molecule has 3 N–H and O–H groups in total. The first-order valence-electron chi connectivity index (χ1n) is 7.21. The molecule has 0 spiro atoms. The fraction of sp³-hybridized carbons (Fsp3) is 0.375. The Kier molecular flexibility index (Phi) is 4.62. The molecule has 0 amide bonds. The fourth-order valence-corrected chi connectivity index (χ4v) is 2.14. The van der Waals surface area contributed by atoms with Gasteiger partial charge in [-0.1, -0.05) is 19.1 Å².